The predicted molar refractivity (Wildman–Crippen MR) is 116 cm³/mol. The molecule has 1 heterocycles. The van der Waals surface area contributed by atoms with Gasteiger partial charge in [0.05, 0.1) is 18.7 Å². The lowest BCUT2D eigenvalue weighted by atomic mass is 9.85. The molecular formula is C25H29NO4. The Hall–Kier alpha value is -3.08. The number of amides is 1. The minimum absolute atomic E-state index is 0.00957. The Labute approximate surface area is 178 Å². The molecule has 0 spiro atoms. The quantitative estimate of drug-likeness (QED) is 0.742. The Bertz CT molecular complexity index is 983. The Kier molecular flexibility index (Phi) is 6.01. The number of hydrogen-bond acceptors (Lipinski definition) is 4. The summed E-state index contributed by atoms with van der Waals surface area (Å²) < 4.78 is 5.28. The van der Waals surface area contributed by atoms with Crippen LogP contribution in [-0.2, 0) is 21.5 Å². The Morgan fingerprint density at radius 1 is 1.13 bits per heavy atom. The summed E-state index contributed by atoms with van der Waals surface area (Å²) in [5, 5.41) is 10.6. The van der Waals surface area contributed by atoms with Crippen LogP contribution in [0.15, 0.2) is 59.9 Å². The smallest absolute Gasteiger partial charge is 0.290 e. The maximum absolute atomic E-state index is 12.9. The number of carbonyl (C=O) groups excluding carboxylic acids is 2. The van der Waals surface area contributed by atoms with E-state index in [1.54, 1.807) is 18.9 Å². The van der Waals surface area contributed by atoms with Crippen molar-refractivity contribution in [1.29, 1.82) is 0 Å². The van der Waals surface area contributed by atoms with Crippen LogP contribution in [0.25, 0.3) is 0 Å². The van der Waals surface area contributed by atoms with Crippen molar-refractivity contribution in [1.82, 2.24) is 4.90 Å². The maximum atomic E-state index is 12.9. The van der Waals surface area contributed by atoms with Crippen LogP contribution in [0.4, 0.5) is 0 Å². The molecule has 5 heteroatoms. The summed E-state index contributed by atoms with van der Waals surface area (Å²) in [5.41, 5.74) is 2.99. The minimum Gasteiger partial charge on any atom is -0.503 e. The standard InChI is InChI=1S/C25H29NO4/c1-6-20(27)21-22(17-10-12-18(13-11-17)25(2,3)4)26(24(29)23(21)28)15-16-8-7-9-19(14-16)30-5/h7-14,22,28H,6,15H2,1-5H3. The molecule has 0 aliphatic carbocycles. The van der Waals surface area contributed by atoms with Gasteiger partial charge in [-0.1, -0.05) is 64.1 Å². The fourth-order valence-electron chi connectivity index (χ4n) is 3.77. The molecule has 0 fully saturated rings. The molecule has 0 radical (unpaired) electrons. The van der Waals surface area contributed by atoms with Gasteiger partial charge in [0.1, 0.15) is 5.75 Å². The largest absolute Gasteiger partial charge is 0.503 e. The van der Waals surface area contributed by atoms with Crippen LogP contribution in [-0.4, -0.2) is 28.8 Å². The molecule has 1 unspecified atom stereocenters. The lowest BCUT2D eigenvalue weighted by Gasteiger charge is -2.28. The van der Waals surface area contributed by atoms with E-state index in [4.69, 9.17) is 4.74 Å². The number of hydrogen-bond donors (Lipinski definition) is 1. The predicted octanol–water partition coefficient (Wildman–Crippen LogP) is 4.87. The summed E-state index contributed by atoms with van der Waals surface area (Å²) in [6.07, 6.45) is 0.218. The third-order valence-corrected chi connectivity index (χ3v) is 5.50. The molecule has 2 aromatic carbocycles. The second-order valence-electron chi connectivity index (χ2n) is 8.60. The summed E-state index contributed by atoms with van der Waals surface area (Å²) in [6, 6.07) is 14.7. The van der Waals surface area contributed by atoms with E-state index in [2.05, 4.69) is 20.8 Å². The third-order valence-electron chi connectivity index (χ3n) is 5.50. The number of ketones is 1. The number of rotatable bonds is 6. The lowest BCUT2D eigenvalue weighted by Crippen LogP contribution is -2.30. The van der Waals surface area contributed by atoms with E-state index in [0.29, 0.717) is 5.75 Å². The van der Waals surface area contributed by atoms with E-state index in [9.17, 15) is 14.7 Å². The monoisotopic (exact) mass is 407 g/mol. The zero-order valence-corrected chi connectivity index (χ0v) is 18.2. The topological polar surface area (TPSA) is 66.8 Å². The van der Waals surface area contributed by atoms with Gasteiger partial charge in [-0.05, 0) is 34.2 Å². The SMILES string of the molecule is CCC(=O)C1=C(O)C(=O)N(Cc2cccc(OC)c2)C1c1ccc(C(C)(C)C)cc1. The van der Waals surface area contributed by atoms with E-state index < -0.39 is 17.7 Å². The second-order valence-corrected chi connectivity index (χ2v) is 8.60. The van der Waals surface area contributed by atoms with Crippen LogP contribution in [0, 0.1) is 0 Å². The summed E-state index contributed by atoms with van der Waals surface area (Å²) in [7, 11) is 1.59. The molecule has 0 saturated heterocycles. The summed E-state index contributed by atoms with van der Waals surface area (Å²) in [5.74, 6) is -0.514. The fourth-order valence-corrected chi connectivity index (χ4v) is 3.77. The first-order valence-electron chi connectivity index (χ1n) is 10.2. The van der Waals surface area contributed by atoms with Gasteiger partial charge in [0.15, 0.2) is 11.5 Å². The van der Waals surface area contributed by atoms with Crippen molar-refractivity contribution in [2.24, 2.45) is 0 Å². The van der Waals surface area contributed by atoms with Gasteiger partial charge in [-0.25, -0.2) is 0 Å². The van der Waals surface area contributed by atoms with Crippen molar-refractivity contribution in [3.05, 3.63) is 76.6 Å². The van der Waals surface area contributed by atoms with Crippen molar-refractivity contribution in [3.63, 3.8) is 0 Å². The van der Waals surface area contributed by atoms with E-state index in [1.807, 2.05) is 48.5 Å². The average molecular weight is 408 g/mol. The number of carbonyl (C=O) groups is 2. The highest BCUT2D eigenvalue weighted by Gasteiger charge is 2.42. The van der Waals surface area contributed by atoms with E-state index in [-0.39, 0.29) is 29.7 Å². The first kappa shape index (κ1) is 21.6. The molecule has 5 nitrogen and oxygen atoms in total. The summed E-state index contributed by atoms with van der Waals surface area (Å²) in [6.45, 7) is 8.39. The number of aliphatic hydroxyl groups is 1. The molecule has 30 heavy (non-hydrogen) atoms. The number of aliphatic hydroxyl groups excluding tert-OH is 1. The van der Waals surface area contributed by atoms with Gasteiger partial charge in [0.2, 0.25) is 0 Å². The lowest BCUT2D eigenvalue weighted by molar-refractivity contribution is -0.130. The van der Waals surface area contributed by atoms with Gasteiger partial charge in [-0.2, -0.15) is 0 Å². The number of ether oxygens (including phenoxy) is 1. The zero-order valence-electron chi connectivity index (χ0n) is 18.2. The maximum Gasteiger partial charge on any atom is 0.290 e. The number of benzene rings is 2. The third kappa shape index (κ3) is 4.11. The molecule has 1 aliphatic heterocycles. The number of methoxy groups -OCH3 is 1. The van der Waals surface area contributed by atoms with Crippen LogP contribution in [0.3, 0.4) is 0 Å². The average Bonchev–Trinajstić information content (AvgIpc) is 2.97. The van der Waals surface area contributed by atoms with Crippen LogP contribution in [0.2, 0.25) is 0 Å². The minimum atomic E-state index is -0.620. The highest BCUT2D eigenvalue weighted by atomic mass is 16.5. The van der Waals surface area contributed by atoms with Crippen LogP contribution in [0.1, 0.15) is 56.8 Å². The Morgan fingerprint density at radius 3 is 2.37 bits per heavy atom. The molecule has 2 aromatic rings. The summed E-state index contributed by atoms with van der Waals surface area (Å²) in [4.78, 5) is 27.2. The molecule has 0 saturated carbocycles. The highest BCUT2D eigenvalue weighted by molar-refractivity contribution is 6.08. The molecular weight excluding hydrogens is 378 g/mol. The zero-order chi connectivity index (χ0) is 22.1. The first-order chi connectivity index (χ1) is 14.2. The molecule has 1 aliphatic rings. The fraction of sp³-hybridized carbons (Fsp3) is 0.360. The van der Waals surface area contributed by atoms with Crippen molar-refractivity contribution in [2.75, 3.05) is 7.11 Å². The van der Waals surface area contributed by atoms with Crippen molar-refractivity contribution >= 4 is 11.7 Å². The van der Waals surface area contributed by atoms with Crippen molar-refractivity contribution < 1.29 is 19.4 Å². The molecule has 1 N–H and O–H groups in total. The van der Waals surface area contributed by atoms with Gasteiger partial charge < -0.3 is 14.7 Å². The molecule has 1 amide bonds. The van der Waals surface area contributed by atoms with Gasteiger partial charge in [-0.15, -0.1) is 0 Å². The van der Waals surface area contributed by atoms with Crippen LogP contribution >= 0.6 is 0 Å². The van der Waals surface area contributed by atoms with Crippen LogP contribution < -0.4 is 4.74 Å². The van der Waals surface area contributed by atoms with E-state index in [0.717, 1.165) is 16.7 Å². The van der Waals surface area contributed by atoms with Gasteiger partial charge in [0, 0.05) is 13.0 Å². The highest BCUT2D eigenvalue weighted by Crippen LogP contribution is 2.40. The van der Waals surface area contributed by atoms with Gasteiger partial charge >= 0.3 is 0 Å². The molecule has 3 rings (SSSR count). The Morgan fingerprint density at radius 2 is 1.80 bits per heavy atom. The van der Waals surface area contributed by atoms with Gasteiger partial charge in [-0.3, -0.25) is 9.59 Å². The van der Waals surface area contributed by atoms with Gasteiger partial charge in [0.25, 0.3) is 5.91 Å². The normalized spacial score (nSPS) is 16.9. The summed E-state index contributed by atoms with van der Waals surface area (Å²) >= 11 is 0. The van der Waals surface area contributed by atoms with E-state index in [1.165, 1.54) is 0 Å². The molecule has 0 bridgehead atoms. The number of nitrogens with zero attached hydrogens (tertiary/aromatic N) is 1. The van der Waals surface area contributed by atoms with Crippen molar-refractivity contribution in [3.8, 4) is 5.75 Å². The number of Topliss-reactive ketones (excluding diaryl/α,β-unsaturated/α-hetero) is 1. The molecule has 0 aromatic heterocycles. The second kappa shape index (κ2) is 8.34. The van der Waals surface area contributed by atoms with Crippen molar-refractivity contribution in [2.45, 2.75) is 52.1 Å². The molecule has 158 valence electrons. The Balaban J connectivity index is 2.04. The molecule has 1 atom stereocenters. The first-order valence-corrected chi connectivity index (χ1v) is 10.2. The van der Waals surface area contributed by atoms with E-state index >= 15 is 0 Å². The van der Waals surface area contributed by atoms with Crippen LogP contribution in [0.5, 0.6) is 5.75 Å².